The third kappa shape index (κ3) is 2.31. The summed E-state index contributed by atoms with van der Waals surface area (Å²) in [5, 5.41) is -1.04. The number of rotatable bonds is 1. The Morgan fingerprint density at radius 2 is 1.60 bits per heavy atom. The molecule has 0 radical (unpaired) electrons. The Kier molecular flexibility index (Phi) is 3.11. The van der Waals surface area contributed by atoms with Gasteiger partial charge >= 0.3 is 12.1 Å². The van der Waals surface area contributed by atoms with Crippen LogP contribution in [0.1, 0.15) is 5.56 Å². The lowest BCUT2D eigenvalue weighted by Gasteiger charge is -2.20. The molecule has 0 aromatic carbocycles. The van der Waals surface area contributed by atoms with Gasteiger partial charge in [0.15, 0.2) is 0 Å². The molecule has 1 nitrogen and oxygen atoms in total. The van der Waals surface area contributed by atoms with Crippen LogP contribution >= 0.6 is 23.2 Å². The molecular weight excluding hydrogens is 264 g/mol. The molecule has 0 saturated heterocycles. The van der Waals surface area contributed by atoms with Crippen LogP contribution in [0.3, 0.4) is 0 Å². The normalized spacial score (nSPS) is 13.0. The Hall–Kier alpha value is -0.620. The van der Waals surface area contributed by atoms with E-state index in [0.29, 0.717) is 6.20 Å². The molecule has 0 aliphatic heterocycles. The van der Waals surface area contributed by atoms with Gasteiger partial charge in [0, 0.05) is 6.20 Å². The number of nitrogens with zero attached hydrogens (tertiary/aromatic N) is 1. The van der Waals surface area contributed by atoms with Gasteiger partial charge in [-0.2, -0.15) is 22.0 Å². The van der Waals surface area contributed by atoms with Gasteiger partial charge in [-0.15, -0.1) is 0 Å². The van der Waals surface area contributed by atoms with Crippen molar-refractivity contribution >= 4 is 23.2 Å². The largest absolute Gasteiger partial charge is 0.458 e. The third-order valence-electron chi connectivity index (χ3n) is 1.51. The van der Waals surface area contributed by atoms with Gasteiger partial charge in [0.1, 0.15) is 5.15 Å². The summed E-state index contributed by atoms with van der Waals surface area (Å²) in [6, 6.07) is 0.720. The fourth-order valence-electron chi connectivity index (χ4n) is 0.791. The van der Waals surface area contributed by atoms with Crippen molar-refractivity contribution in [2.75, 3.05) is 0 Å². The Morgan fingerprint density at radius 3 is 2.00 bits per heavy atom. The van der Waals surface area contributed by atoms with Crippen LogP contribution in [0, 0.1) is 0 Å². The molecule has 1 aromatic heterocycles. The predicted molar refractivity (Wildman–Crippen MR) is 44.2 cm³/mol. The van der Waals surface area contributed by atoms with E-state index < -0.39 is 22.7 Å². The lowest BCUT2D eigenvalue weighted by Crippen LogP contribution is -2.34. The SMILES string of the molecule is FC(F)(F)C(F)(F)c1cnc(Cl)cc1Cl. The lowest BCUT2D eigenvalue weighted by molar-refractivity contribution is -0.289. The number of aromatic nitrogens is 1. The zero-order valence-electron chi connectivity index (χ0n) is 6.75. The van der Waals surface area contributed by atoms with Gasteiger partial charge in [0.05, 0.1) is 10.6 Å². The highest BCUT2D eigenvalue weighted by Gasteiger charge is 2.59. The first-order chi connectivity index (χ1) is 6.66. The van der Waals surface area contributed by atoms with E-state index in [-0.39, 0.29) is 5.15 Å². The summed E-state index contributed by atoms with van der Waals surface area (Å²) in [6.45, 7) is 0. The zero-order chi connectivity index (χ0) is 11.9. The van der Waals surface area contributed by atoms with E-state index in [9.17, 15) is 22.0 Å². The molecule has 15 heavy (non-hydrogen) atoms. The topological polar surface area (TPSA) is 12.9 Å². The summed E-state index contributed by atoms with van der Waals surface area (Å²) < 4.78 is 61.3. The van der Waals surface area contributed by atoms with Gasteiger partial charge < -0.3 is 0 Å². The Balaban J connectivity index is 3.28. The Morgan fingerprint density at radius 1 is 1.07 bits per heavy atom. The van der Waals surface area contributed by atoms with Crippen molar-refractivity contribution in [1.29, 1.82) is 0 Å². The number of alkyl halides is 5. The number of halogens is 7. The molecule has 0 fully saturated rings. The average Bonchev–Trinajstić information content (AvgIpc) is 2.00. The van der Waals surface area contributed by atoms with Crippen molar-refractivity contribution in [3.05, 3.63) is 28.0 Å². The molecule has 0 unspecified atom stereocenters. The minimum Gasteiger partial charge on any atom is -0.244 e. The lowest BCUT2D eigenvalue weighted by atomic mass is 10.1. The van der Waals surface area contributed by atoms with E-state index in [2.05, 4.69) is 4.98 Å². The maximum atomic E-state index is 12.8. The molecule has 1 rings (SSSR count). The summed E-state index contributed by atoms with van der Waals surface area (Å²) in [5.41, 5.74) is -1.42. The molecule has 0 atom stereocenters. The fourth-order valence-corrected chi connectivity index (χ4v) is 1.28. The Labute approximate surface area is 90.8 Å². The zero-order valence-corrected chi connectivity index (χ0v) is 8.26. The minimum atomic E-state index is -5.72. The monoisotopic (exact) mass is 265 g/mol. The molecule has 1 aromatic rings. The first-order valence-electron chi connectivity index (χ1n) is 3.42. The first kappa shape index (κ1) is 12.4. The highest BCUT2D eigenvalue weighted by atomic mass is 35.5. The van der Waals surface area contributed by atoms with Crippen molar-refractivity contribution in [2.24, 2.45) is 0 Å². The van der Waals surface area contributed by atoms with Crippen molar-refractivity contribution < 1.29 is 22.0 Å². The van der Waals surface area contributed by atoms with Crippen molar-refractivity contribution in [2.45, 2.75) is 12.1 Å². The summed E-state index contributed by atoms with van der Waals surface area (Å²) >= 11 is 10.5. The fraction of sp³-hybridized carbons (Fsp3) is 0.286. The second-order valence-corrected chi connectivity index (χ2v) is 3.35. The van der Waals surface area contributed by atoms with Gasteiger partial charge in [0.2, 0.25) is 0 Å². The molecule has 1 heterocycles. The van der Waals surface area contributed by atoms with Crippen molar-refractivity contribution in [1.82, 2.24) is 4.98 Å². The minimum absolute atomic E-state index is 0.262. The van der Waals surface area contributed by atoms with Crippen LogP contribution < -0.4 is 0 Å². The highest BCUT2D eigenvalue weighted by molar-refractivity contribution is 6.34. The maximum absolute atomic E-state index is 12.8. The number of hydrogen-bond acceptors (Lipinski definition) is 1. The number of pyridine rings is 1. The van der Waals surface area contributed by atoms with E-state index in [1.807, 2.05) is 0 Å². The quantitative estimate of drug-likeness (QED) is 0.552. The van der Waals surface area contributed by atoms with E-state index in [4.69, 9.17) is 23.2 Å². The molecule has 0 saturated carbocycles. The first-order valence-corrected chi connectivity index (χ1v) is 4.18. The maximum Gasteiger partial charge on any atom is 0.458 e. The molecule has 0 aliphatic rings. The van der Waals surface area contributed by atoms with Crippen LogP contribution in [0.2, 0.25) is 10.2 Å². The number of hydrogen-bond donors (Lipinski definition) is 0. The van der Waals surface area contributed by atoms with Crippen molar-refractivity contribution in [3.8, 4) is 0 Å². The molecule has 0 spiro atoms. The standard InChI is InChI=1S/C7H2Cl2F5N/c8-4-1-5(9)15-2-3(4)6(10,11)7(12,13)14/h1-2H. The molecular formula is C7H2Cl2F5N. The molecule has 84 valence electrons. The van der Waals surface area contributed by atoms with E-state index in [1.165, 1.54) is 0 Å². The summed E-state index contributed by atoms with van der Waals surface area (Å²) in [7, 11) is 0. The molecule has 0 amide bonds. The summed E-state index contributed by atoms with van der Waals surface area (Å²) in [6.07, 6.45) is -5.41. The molecule has 0 aliphatic carbocycles. The van der Waals surface area contributed by atoms with E-state index >= 15 is 0 Å². The van der Waals surface area contributed by atoms with Crippen LogP contribution in [-0.4, -0.2) is 11.2 Å². The van der Waals surface area contributed by atoms with Gasteiger partial charge in [-0.1, -0.05) is 23.2 Å². The van der Waals surface area contributed by atoms with Crippen LogP contribution in [0.15, 0.2) is 12.3 Å². The summed E-state index contributed by atoms with van der Waals surface area (Å²) in [5.74, 6) is -5.04. The van der Waals surface area contributed by atoms with Gasteiger partial charge in [-0.3, -0.25) is 0 Å². The van der Waals surface area contributed by atoms with Gasteiger partial charge in [-0.25, -0.2) is 4.98 Å². The van der Waals surface area contributed by atoms with Gasteiger partial charge in [-0.05, 0) is 6.07 Å². The molecule has 8 heteroatoms. The average molecular weight is 266 g/mol. The van der Waals surface area contributed by atoms with E-state index in [0.717, 1.165) is 6.07 Å². The van der Waals surface area contributed by atoms with Crippen LogP contribution in [0.5, 0.6) is 0 Å². The third-order valence-corrected chi connectivity index (χ3v) is 2.03. The second-order valence-electron chi connectivity index (χ2n) is 2.56. The predicted octanol–water partition coefficient (Wildman–Crippen LogP) is 4.04. The summed E-state index contributed by atoms with van der Waals surface area (Å²) in [4.78, 5) is 3.12. The van der Waals surface area contributed by atoms with Crippen LogP contribution in [0.4, 0.5) is 22.0 Å². The van der Waals surface area contributed by atoms with Crippen molar-refractivity contribution in [3.63, 3.8) is 0 Å². The Bertz CT molecular complexity index is 376. The second kappa shape index (κ2) is 3.75. The molecule has 0 bridgehead atoms. The van der Waals surface area contributed by atoms with Crippen LogP contribution in [-0.2, 0) is 5.92 Å². The smallest absolute Gasteiger partial charge is 0.244 e. The van der Waals surface area contributed by atoms with Crippen LogP contribution in [0.25, 0.3) is 0 Å². The molecule has 0 N–H and O–H groups in total. The highest BCUT2D eigenvalue weighted by Crippen LogP contribution is 2.46. The van der Waals surface area contributed by atoms with Gasteiger partial charge in [0.25, 0.3) is 0 Å². The van der Waals surface area contributed by atoms with E-state index in [1.54, 1.807) is 0 Å².